The lowest BCUT2D eigenvalue weighted by Gasteiger charge is -2.06. The number of hydrogen-bond acceptors (Lipinski definition) is 3. The number of rotatable bonds is 8. The molecule has 0 saturated heterocycles. The Kier molecular flexibility index (Phi) is 6.51. The van der Waals surface area contributed by atoms with Crippen molar-refractivity contribution in [1.82, 2.24) is 9.29 Å². The summed E-state index contributed by atoms with van der Waals surface area (Å²) in [6.45, 7) is 5.17. The second-order valence-electron chi connectivity index (χ2n) is 6.68. The zero-order valence-electron chi connectivity index (χ0n) is 16.6. The molecule has 0 aliphatic rings. The Morgan fingerprint density at radius 2 is 1.83 bits per heavy atom. The van der Waals surface area contributed by atoms with Crippen LogP contribution in [0, 0.1) is 0 Å². The molecule has 7 heteroatoms. The molecule has 0 fully saturated rings. The van der Waals surface area contributed by atoms with E-state index >= 15 is 0 Å². The van der Waals surface area contributed by atoms with E-state index < -0.39 is 10.0 Å². The molecule has 29 heavy (non-hydrogen) atoms. The number of nitrogens with zero attached hydrogens (tertiary/aromatic N) is 1. The van der Waals surface area contributed by atoms with Gasteiger partial charge in [-0.2, -0.15) is 0 Å². The molecule has 3 rings (SSSR count). The van der Waals surface area contributed by atoms with Gasteiger partial charge in [-0.15, -0.1) is 0 Å². The fourth-order valence-corrected chi connectivity index (χ4v) is 4.14. The fraction of sp³-hybridized carbons (Fsp3) is 0.227. The average Bonchev–Trinajstić information content (AvgIpc) is 3.09. The summed E-state index contributed by atoms with van der Waals surface area (Å²) in [4.78, 5) is 12.4. The Morgan fingerprint density at radius 3 is 2.52 bits per heavy atom. The lowest BCUT2D eigenvalue weighted by atomic mass is 10.2. The first-order valence-corrected chi connectivity index (χ1v) is 11.1. The van der Waals surface area contributed by atoms with Crippen LogP contribution < -0.4 is 10.0 Å². The van der Waals surface area contributed by atoms with E-state index in [0.717, 1.165) is 35.1 Å². The van der Waals surface area contributed by atoms with Gasteiger partial charge in [0.25, 0.3) is 0 Å². The Balaban J connectivity index is 1.66. The summed E-state index contributed by atoms with van der Waals surface area (Å²) in [6, 6.07) is 14.3. The standard InChI is InChI=1S/C22H25N3O3S/c1-3-14-25-15-13-18-16-19(8-11-21(18)25)24-22(26)12-7-17-5-9-20(10-6-17)29(27,28)23-4-2/h5-13,15-16,23H,3-4,14H2,1-2H3,(H,24,26)/b12-7+. The molecule has 0 spiro atoms. The van der Waals surface area contributed by atoms with E-state index in [2.05, 4.69) is 27.7 Å². The Hall–Kier alpha value is -2.90. The van der Waals surface area contributed by atoms with Crippen LogP contribution in [0.3, 0.4) is 0 Å². The van der Waals surface area contributed by atoms with Crippen molar-refractivity contribution in [1.29, 1.82) is 0 Å². The van der Waals surface area contributed by atoms with E-state index in [1.807, 2.05) is 24.3 Å². The van der Waals surface area contributed by atoms with Gasteiger partial charge < -0.3 is 9.88 Å². The number of aryl methyl sites for hydroxylation is 1. The molecule has 0 aliphatic carbocycles. The van der Waals surface area contributed by atoms with E-state index in [-0.39, 0.29) is 10.8 Å². The van der Waals surface area contributed by atoms with Crippen LogP contribution >= 0.6 is 0 Å². The van der Waals surface area contributed by atoms with Gasteiger partial charge in [0, 0.05) is 42.0 Å². The first-order valence-electron chi connectivity index (χ1n) is 9.60. The minimum absolute atomic E-state index is 0.198. The number of hydrogen-bond donors (Lipinski definition) is 2. The largest absolute Gasteiger partial charge is 0.347 e. The maximum absolute atomic E-state index is 12.2. The van der Waals surface area contributed by atoms with Crippen molar-refractivity contribution in [2.75, 3.05) is 11.9 Å². The van der Waals surface area contributed by atoms with Crippen molar-refractivity contribution >= 4 is 38.6 Å². The van der Waals surface area contributed by atoms with Gasteiger partial charge >= 0.3 is 0 Å². The van der Waals surface area contributed by atoms with Crippen LogP contribution in [0.2, 0.25) is 0 Å². The van der Waals surface area contributed by atoms with Crippen molar-refractivity contribution in [3.05, 3.63) is 66.4 Å². The van der Waals surface area contributed by atoms with Crippen LogP contribution in [-0.2, 0) is 21.4 Å². The quantitative estimate of drug-likeness (QED) is 0.550. The summed E-state index contributed by atoms with van der Waals surface area (Å²) >= 11 is 0. The topological polar surface area (TPSA) is 80.2 Å². The van der Waals surface area contributed by atoms with Crippen LogP contribution in [0.5, 0.6) is 0 Å². The highest BCUT2D eigenvalue weighted by molar-refractivity contribution is 7.89. The first kappa shape index (κ1) is 20.8. The SMILES string of the molecule is CCCn1ccc2cc(NC(=O)/C=C/c3ccc(S(=O)(=O)NCC)cc3)ccc21. The van der Waals surface area contributed by atoms with Gasteiger partial charge in [-0.05, 0) is 54.5 Å². The molecule has 1 heterocycles. The smallest absolute Gasteiger partial charge is 0.248 e. The van der Waals surface area contributed by atoms with Gasteiger partial charge in [0.15, 0.2) is 0 Å². The Morgan fingerprint density at radius 1 is 1.07 bits per heavy atom. The number of benzene rings is 2. The van der Waals surface area contributed by atoms with Crippen LogP contribution in [0.25, 0.3) is 17.0 Å². The monoisotopic (exact) mass is 411 g/mol. The highest BCUT2D eigenvalue weighted by Gasteiger charge is 2.11. The van der Waals surface area contributed by atoms with E-state index in [1.54, 1.807) is 25.1 Å². The highest BCUT2D eigenvalue weighted by Crippen LogP contribution is 2.21. The lowest BCUT2D eigenvalue weighted by molar-refractivity contribution is -0.111. The van der Waals surface area contributed by atoms with Crippen LogP contribution in [-0.4, -0.2) is 25.4 Å². The molecule has 1 aromatic heterocycles. The lowest BCUT2D eigenvalue weighted by Crippen LogP contribution is -2.22. The van der Waals surface area contributed by atoms with Gasteiger partial charge in [0.05, 0.1) is 4.90 Å². The number of sulfonamides is 1. The number of fused-ring (bicyclic) bond motifs is 1. The molecule has 0 bridgehead atoms. The molecule has 2 aromatic carbocycles. The zero-order valence-corrected chi connectivity index (χ0v) is 17.4. The predicted octanol–water partition coefficient (Wildman–Crippen LogP) is 4.00. The second kappa shape index (κ2) is 9.07. The number of carbonyl (C=O) groups excluding carboxylic acids is 1. The molecule has 0 unspecified atom stereocenters. The molecule has 1 amide bonds. The van der Waals surface area contributed by atoms with Crippen molar-refractivity contribution < 1.29 is 13.2 Å². The van der Waals surface area contributed by atoms with Crippen molar-refractivity contribution in [3.8, 4) is 0 Å². The summed E-state index contributed by atoms with van der Waals surface area (Å²) in [5.74, 6) is -0.248. The Bertz CT molecular complexity index is 1130. The van der Waals surface area contributed by atoms with Crippen molar-refractivity contribution in [3.63, 3.8) is 0 Å². The molecule has 3 aromatic rings. The van der Waals surface area contributed by atoms with Crippen molar-refractivity contribution in [2.24, 2.45) is 0 Å². The molecule has 0 atom stereocenters. The van der Waals surface area contributed by atoms with Gasteiger partial charge in [0.2, 0.25) is 15.9 Å². The third-order valence-electron chi connectivity index (χ3n) is 4.45. The summed E-state index contributed by atoms with van der Waals surface area (Å²) in [6.07, 6.45) is 6.20. The summed E-state index contributed by atoms with van der Waals surface area (Å²) in [5.41, 5.74) is 2.61. The van der Waals surface area contributed by atoms with E-state index in [9.17, 15) is 13.2 Å². The first-order chi connectivity index (χ1) is 13.9. The molecule has 2 N–H and O–H groups in total. The van der Waals surface area contributed by atoms with E-state index in [0.29, 0.717) is 6.54 Å². The van der Waals surface area contributed by atoms with Gasteiger partial charge in [-0.25, -0.2) is 13.1 Å². The predicted molar refractivity (Wildman–Crippen MR) is 117 cm³/mol. The normalized spacial score (nSPS) is 11.9. The van der Waals surface area contributed by atoms with Crippen LogP contribution in [0.15, 0.2) is 65.7 Å². The third kappa shape index (κ3) is 5.13. The average molecular weight is 412 g/mol. The number of nitrogens with one attached hydrogen (secondary N) is 2. The molecular weight excluding hydrogens is 386 g/mol. The Labute approximate surface area is 171 Å². The highest BCUT2D eigenvalue weighted by atomic mass is 32.2. The van der Waals surface area contributed by atoms with E-state index in [4.69, 9.17) is 0 Å². The summed E-state index contributed by atoms with van der Waals surface area (Å²) in [7, 11) is -3.47. The molecule has 0 aliphatic heterocycles. The van der Waals surface area contributed by atoms with Gasteiger partial charge in [-0.1, -0.05) is 26.0 Å². The number of aromatic nitrogens is 1. The molecule has 0 radical (unpaired) electrons. The second-order valence-corrected chi connectivity index (χ2v) is 8.44. The zero-order chi connectivity index (χ0) is 20.9. The maximum atomic E-state index is 12.2. The molecular formula is C22H25N3O3S. The van der Waals surface area contributed by atoms with Crippen LogP contribution in [0.1, 0.15) is 25.8 Å². The van der Waals surface area contributed by atoms with E-state index in [1.165, 1.54) is 18.2 Å². The third-order valence-corrected chi connectivity index (χ3v) is 6.02. The minimum atomic E-state index is -3.47. The molecule has 6 nitrogen and oxygen atoms in total. The van der Waals surface area contributed by atoms with Crippen molar-refractivity contribution in [2.45, 2.75) is 31.7 Å². The number of anilines is 1. The maximum Gasteiger partial charge on any atom is 0.248 e. The van der Waals surface area contributed by atoms with Crippen LogP contribution in [0.4, 0.5) is 5.69 Å². The molecule has 152 valence electrons. The molecule has 0 saturated carbocycles. The number of carbonyl (C=O) groups is 1. The van der Waals surface area contributed by atoms with Gasteiger partial charge in [-0.3, -0.25) is 4.79 Å². The van der Waals surface area contributed by atoms with Gasteiger partial charge in [0.1, 0.15) is 0 Å². The number of amides is 1. The summed E-state index contributed by atoms with van der Waals surface area (Å²) < 4.78 is 28.5. The fourth-order valence-electron chi connectivity index (χ4n) is 3.10. The summed E-state index contributed by atoms with van der Waals surface area (Å²) in [5, 5.41) is 3.94. The minimum Gasteiger partial charge on any atom is -0.347 e.